The fraction of sp³-hybridized carbons (Fsp3) is 0.611. The zero-order chi connectivity index (χ0) is 15.6. The van der Waals surface area contributed by atoms with E-state index < -0.39 is 0 Å². The smallest absolute Gasteiger partial charge is 0.245 e. The maximum absolute atomic E-state index is 12.8. The van der Waals surface area contributed by atoms with Crippen molar-refractivity contribution in [2.24, 2.45) is 11.3 Å². The first kappa shape index (κ1) is 16.0. The minimum absolute atomic E-state index is 0.146. The van der Waals surface area contributed by atoms with E-state index in [0.717, 1.165) is 18.5 Å². The fourth-order valence-corrected chi connectivity index (χ4v) is 2.68. The second kappa shape index (κ2) is 6.18. The summed E-state index contributed by atoms with van der Waals surface area (Å²) in [7, 11) is 0. The van der Waals surface area contributed by atoms with Crippen molar-refractivity contribution in [1.29, 1.82) is 0 Å². The number of benzene rings is 1. The molecule has 1 amide bonds. The molecule has 3 unspecified atom stereocenters. The van der Waals surface area contributed by atoms with Gasteiger partial charge < -0.3 is 4.90 Å². The van der Waals surface area contributed by atoms with Crippen molar-refractivity contribution >= 4 is 5.91 Å². The largest absolute Gasteiger partial charge is 0.325 e. The monoisotopic (exact) mass is 288 g/mol. The van der Waals surface area contributed by atoms with Gasteiger partial charge in [0, 0.05) is 6.54 Å². The van der Waals surface area contributed by atoms with E-state index in [-0.39, 0.29) is 23.5 Å². The van der Waals surface area contributed by atoms with Gasteiger partial charge in [0.05, 0.1) is 6.17 Å². The van der Waals surface area contributed by atoms with Gasteiger partial charge in [-0.2, -0.15) is 0 Å². The van der Waals surface area contributed by atoms with Gasteiger partial charge in [0.15, 0.2) is 0 Å². The molecule has 0 aliphatic carbocycles. The molecular formula is C18H28N2O. The van der Waals surface area contributed by atoms with Crippen LogP contribution in [0.1, 0.15) is 52.6 Å². The number of rotatable bonds is 4. The predicted molar refractivity (Wildman–Crippen MR) is 86.7 cm³/mol. The zero-order valence-corrected chi connectivity index (χ0v) is 13.9. The number of amides is 1. The normalized spacial score (nSPS) is 24.4. The number of nitrogens with zero attached hydrogens (tertiary/aromatic N) is 1. The molecule has 2 rings (SSSR count). The molecule has 1 N–H and O–H groups in total. The Labute approximate surface area is 128 Å². The predicted octanol–water partition coefficient (Wildman–Crippen LogP) is 3.58. The van der Waals surface area contributed by atoms with Crippen molar-refractivity contribution in [3.8, 4) is 0 Å². The highest BCUT2D eigenvalue weighted by molar-refractivity contribution is 5.85. The lowest BCUT2D eigenvalue weighted by atomic mass is 9.81. The van der Waals surface area contributed by atoms with E-state index in [0.29, 0.717) is 5.92 Å². The molecule has 3 atom stereocenters. The summed E-state index contributed by atoms with van der Waals surface area (Å²) in [5, 5.41) is 3.49. The average Bonchev–Trinajstić information content (AvgIpc) is 2.76. The molecule has 116 valence electrons. The SMILES string of the molecule is CCC1NC(c2ccccc2)C(=O)N1CC(C)C(C)(C)C. The van der Waals surface area contributed by atoms with Crippen LogP contribution in [0.3, 0.4) is 0 Å². The molecule has 1 heterocycles. The topological polar surface area (TPSA) is 32.3 Å². The Morgan fingerprint density at radius 3 is 2.38 bits per heavy atom. The minimum atomic E-state index is -0.191. The zero-order valence-electron chi connectivity index (χ0n) is 13.9. The van der Waals surface area contributed by atoms with Crippen LogP contribution in [0.15, 0.2) is 30.3 Å². The summed E-state index contributed by atoms with van der Waals surface area (Å²) in [6, 6.07) is 9.83. The van der Waals surface area contributed by atoms with Gasteiger partial charge in [-0.15, -0.1) is 0 Å². The van der Waals surface area contributed by atoms with E-state index in [1.54, 1.807) is 0 Å². The Hall–Kier alpha value is -1.35. The Morgan fingerprint density at radius 2 is 1.86 bits per heavy atom. The van der Waals surface area contributed by atoms with E-state index in [4.69, 9.17) is 0 Å². The van der Waals surface area contributed by atoms with E-state index in [9.17, 15) is 4.79 Å². The summed E-state index contributed by atoms with van der Waals surface area (Å²) in [6.45, 7) is 11.9. The number of hydrogen-bond donors (Lipinski definition) is 1. The highest BCUT2D eigenvalue weighted by atomic mass is 16.2. The molecule has 1 aromatic carbocycles. The van der Waals surface area contributed by atoms with Gasteiger partial charge in [-0.05, 0) is 23.3 Å². The van der Waals surface area contributed by atoms with Gasteiger partial charge in [-0.3, -0.25) is 10.1 Å². The highest BCUT2D eigenvalue weighted by Crippen LogP contribution is 2.31. The van der Waals surface area contributed by atoms with Crippen LogP contribution in [-0.2, 0) is 4.79 Å². The van der Waals surface area contributed by atoms with Crippen LogP contribution >= 0.6 is 0 Å². The van der Waals surface area contributed by atoms with Gasteiger partial charge >= 0.3 is 0 Å². The summed E-state index contributed by atoms with van der Waals surface area (Å²) >= 11 is 0. The Balaban J connectivity index is 2.16. The van der Waals surface area contributed by atoms with Crippen LogP contribution < -0.4 is 5.32 Å². The molecule has 0 saturated carbocycles. The Bertz CT molecular complexity index is 478. The molecule has 1 aliphatic heterocycles. The second-order valence-electron chi connectivity index (χ2n) is 7.19. The fourth-order valence-electron chi connectivity index (χ4n) is 2.68. The summed E-state index contributed by atoms with van der Waals surface area (Å²) in [6.07, 6.45) is 1.08. The maximum atomic E-state index is 12.8. The van der Waals surface area contributed by atoms with Crippen molar-refractivity contribution in [3.63, 3.8) is 0 Å². The minimum Gasteiger partial charge on any atom is -0.325 e. The van der Waals surface area contributed by atoms with E-state index in [2.05, 4.69) is 39.9 Å². The third-order valence-corrected chi connectivity index (χ3v) is 4.73. The lowest BCUT2D eigenvalue weighted by molar-refractivity contribution is -0.131. The molecule has 3 nitrogen and oxygen atoms in total. The van der Waals surface area contributed by atoms with Gasteiger partial charge in [0.2, 0.25) is 5.91 Å². The van der Waals surface area contributed by atoms with Crippen LogP contribution in [-0.4, -0.2) is 23.5 Å². The molecule has 1 fully saturated rings. The summed E-state index contributed by atoms with van der Waals surface area (Å²) in [4.78, 5) is 14.8. The van der Waals surface area contributed by atoms with Crippen LogP contribution in [0.2, 0.25) is 0 Å². The molecule has 0 radical (unpaired) electrons. The standard InChI is InChI=1S/C18H28N2O/c1-6-15-19-16(14-10-8-7-9-11-14)17(21)20(15)12-13(2)18(3,4)5/h7-11,13,15-16,19H,6,12H2,1-5H3. The first-order valence-electron chi connectivity index (χ1n) is 7.96. The highest BCUT2D eigenvalue weighted by Gasteiger charge is 2.40. The molecule has 21 heavy (non-hydrogen) atoms. The third-order valence-electron chi connectivity index (χ3n) is 4.73. The molecular weight excluding hydrogens is 260 g/mol. The van der Waals surface area contributed by atoms with Gasteiger partial charge in [0.1, 0.15) is 6.04 Å². The number of nitrogens with one attached hydrogen (secondary N) is 1. The van der Waals surface area contributed by atoms with Crippen molar-refractivity contribution in [3.05, 3.63) is 35.9 Å². The molecule has 0 spiro atoms. The molecule has 1 aromatic rings. The van der Waals surface area contributed by atoms with Crippen molar-refractivity contribution < 1.29 is 4.79 Å². The first-order valence-corrected chi connectivity index (χ1v) is 7.96. The molecule has 3 heteroatoms. The van der Waals surface area contributed by atoms with Crippen LogP contribution in [0.25, 0.3) is 0 Å². The Kier molecular flexibility index (Phi) is 4.72. The van der Waals surface area contributed by atoms with E-state index >= 15 is 0 Å². The van der Waals surface area contributed by atoms with Crippen LogP contribution in [0.4, 0.5) is 0 Å². The number of carbonyl (C=O) groups is 1. The van der Waals surface area contributed by atoms with Crippen molar-refractivity contribution in [2.45, 2.75) is 53.2 Å². The molecule has 0 aromatic heterocycles. The molecule has 0 bridgehead atoms. The van der Waals surface area contributed by atoms with Gasteiger partial charge in [-0.1, -0.05) is 65.0 Å². The first-order chi connectivity index (χ1) is 9.84. The lowest BCUT2D eigenvalue weighted by Gasteiger charge is -2.33. The summed E-state index contributed by atoms with van der Waals surface area (Å²) < 4.78 is 0. The van der Waals surface area contributed by atoms with Crippen LogP contribution in [0.5, 0.6) is 0 Å². The van der Waals surface area contributed by atoms with Crippen molar-refractivity contribution in [1.82, 2.24) is 10.2 Å². The second-order valence-corrected chi connectivity index (χ2v) is 7.19. The molecule has 1 saturated heterocycles. The van der Waals surface area contributed by atoms with E-state index in [1.165, 1.54) is 0 Å². The quantitative estimate of drug-likeness (QED) is 0.918. The third kappa shape index (κ3) is 3.46. The average molecular weight is 288 g/mol. The summed E-state index contributed by atoms with van der Waals surface area (Å²) in [5.74, 6) is 0.677. The van der Waals surface area contributed by atoms with Gasteiger partial charge in [0.25, 0.3) is 0 Å². The summed E-state index contributed by atoms with van der Waals surface area (Å²) in [5.41, 5.74) is 1.27. The maximum Gasteiger partial charge on any atom is 0.245 e. The van der Waals surface area contributed by atoms with E-state index in [1.807, 2.05) is 35.2 Å². The number of carbonyl (C=O) groups excluding carboxylic acids is 1. The van der Waals surface area contributed by atoms with Crippen LogP contribution in [0, 0.1) is 11.3 Å². The lowest BCUT2D eigenvalue weighted by Crippen LogP contribution is -2.42. The Morgan fingerprint density at radius 1 is 1.24 bits per heavy atom. The molecule has 1 aliphatic rings. The number of hydrogen-bond acceptors (Lipinski definition) is 2. The van der Waals surface area contributed by atoms with Gasteiger partial charge in [-0.25, -0.2) is 0 Å². The van der Waals surface area contributed by atoms with Crippen molar-refractivity contribution in [2.75, 3.05) is 6.54 Å².